The molecule has 1 atom stereocenters. The standard InChI is InChI=1S/C15H22N2O4S3/c18-13(16-1-4-22)10-7-11(14(19)17-2-5-23)9-12(8-10)15(20)21-3-6-24/h7-9,13,16,18,22-24H,1-6H2,(H,17,19). The highest BCUT2D eigenvalue weighted by Crippen LogP contribution is 2.17. The zero-order valence-electron chi connectivity index (χ0n) is 13.1. The summed E-state index contributed by atoms with van der Waals surface area (Å²) in [5.74, 6) is 0.503. The third-order valence-corrected chi connectivity index (χ3v) is 3.57. The van der Waals surface area contributed by atoms with Gasteiger partial charge in [0.05, 0.1) is 5.56 Å². The maximum atomic E-state index is 12.2. The summed E-state index contributed by atoms with van der Waals surface area (Å²) in [4.78, 5) is 24.2. The number of esters is 1. The molecule has 0 saturated heterocycles. The number of amides is 1. The van der Waals surface area contributed by atoms with Crippen LogP contribution < -0.4 is 10.6 Å². The second kappa shape index (κ2) is 11.6. The number of nitrogens with one attached hydrogen (secondary N) is 2. The molecule has 1 amide bonds. The molecule has 0 radical (unpaired) electrons. The van der Waals surface area contributed by atoms with Gasteiger partial charge in [0.2, 0.25) is 0 Å². The smallest absolute Gasteiger partial charge is 0.338 e. The Balaban J connectivity index is 3.08. The summed E-state index contributed by atoms with van der Waals surface area (Å²) in [5, 5.41) is 15.7. The van der Waals surface area contributed by atoms with Crippen molar-refractivity contribution in [3.05, 3.63) is 34.9 Å². The first kappa shape index (κ1) is 21.2. The van der Waals surface area contributed by atoms with E-state index < -0.39 is 12.2 Å². The van der Waals surface area contributed by atoms with Crippen LogP contribution in [0.15, 0.2) is 18.2 Å². The van der Waals surface area contributed by atoms with Gasteiger partial charge in [0.25, 0.3) is 5.91 Å². The molecule has 0 aliphatic carbocycles. The van der Waals surface area contributed by atoms with E-state index in [0.29, 0.717) is 35.9 Å². The molecule has 134 valence electrons. The lowest BCUT2D eigenvalue weighted by atomic mass is 10.0. The lowest BCUT2D eigenvalue weighted by Gasteiger charge is -2.15. The maximum Gasteiger partial charge on any atom is 0.338 e. The van der Waals surface area contributed by atoms with E-state index >= 15 is 0 Å². The minimum atomic E-state index is -1.02. The first-order valence-corrected chi connectivity index (χ1v) is 9.27. The van der Waals surface area contributed by atoms with E-state index in [4.69, 9.17) is 4.74 Å². The number of benzene rings is 1. The van der Waals surface area contributed by atoms with Crippen LogP contribution in [0.5, 0.6) is 0 Å². The predicted octanol–water partition coefficient (Wildman–Crippen LogP) is 0.943. The van der Waals surface area contributed by atoms with E-state index in [-0.39, 0.29) is 23.6 Å². The van der Waals surface area contributed by atoms with Crippen LogP contribution in [0.25, 0.3) is 0 Å². The topological polar surface area (TPSA) is 87.7 Å². The lowest BCUT2D eigenvalue weighted by molar-refractivity contribution is 0.0530. The van der Waals surface area contributed by atoms with Crippen LogP contribution in [0.2, 0.25) is 0 Å². The van der Waals surface area contributed by atoms with Gasteiger partial charge in [0, 0.05) is 35.9 Å². The van der Waals surface area contributed by atoms with Crippen LogP contribution in [-0.4, -0.2) is 53.9 Å². The molecule has 1 rings (SSSR count). The molecule has 3 N–H and O–H groups in total. The molecule has 1 aromatic rings. The number of ether oxygens (including phenoxy) is 1. The van der Waals surface area contributed by atoms with Crippen LogP contribution in [0, 0.1) is 0 Å². The van der Waals surface area contributed by atoms with Crippen molar-refractivity contribution < 1.29 is 19.4 Å². The molecule has 0 aromatic heterocycles. The van der Waals surface area contributed by atoms with Crippen molar-refractivity contribution in [1.82, 2.24) is 10.6 Å². The molecule has 0 aliphatic heterocycles. The Hall–Kier alpha value is -0.870. The average Bonchev–Trinajstić information content (AvgIpc) is 2.61. The summed E-state index contributed by atoms with van der Waals surface area (Å²) >= 11 is 12.1. The highest BCUT2D eigenvalue weighted by Gasteiger charge is 2.17. The molecule has 0 fully saturated rings. The molecule has 0 bridgehead atoms. The number of hydrogen-bond acceptors (Lipinski definition) is 8. The third-order valence-electron chi connectivity index (χ3n) is 2.94. The van der Waals surface area contributed by atoms with Gasteiger partial charge in [-0.05, 0) is 23.8 Å². The van der Waals surface area contributed by atoms with Crippen LogP contribution in [0.4, 0.5) is 0 Å². The summed E-state index contributed by atoms with van der Waals surface area (Å²) in [6.07, 6.45) is -1.02. The van der Waals surface area contributed by atoms with E-state index in [9.17, 15) is 14.7 Å². The summed E-state index contributed by atoms with van der Waals surface area (Å²) < 4.78 is 5.04. The lowest BCUT2D eigenvalue weighted by Crippen LogP contribution is -2.27. The zero-order valence-corrected chi connectivity index (χ0v) is 15.7. The maximum absolute atomic E-state index is 12.2. The van der Waals surface area contributed by atoms with Gasteiger partial charge in [-0.1, -0.05) is 0 Å². The Kier molecular flexibility index (Phi) is 10.3. The largest absolute Gasteiger partial charge is 0.461 e. The van der Waals surface area contributed by atoms with Crippen molar-refractivity contribution in [2.75, 3.05) is 37.0 Å². The first-order valence-electron chi connectivity index (χ1n) is 7.37. The van der Waals surface area contributed by atoms with Gasteiger partial charge in [0.1, 0.15) is 12.8 Å². The second-order valence-corrected chi connectivity index (χ2v) is 6.10. The molecule has 0 heterocycles. The van der Waals surface area contributed by atoms with Crippen LogP contribution in [0.1, 0.15) is 32.5 Å². The van der Waals surface area contributed by atoms with Crippen LogP contribution in [-0.2, 0) is 4.74 Å². The van der Waals surface area contributed by atoms with E-state index in [1.165, 1.54) is 18.2 Å². The Labute approximate surface area is 158 Å². The minimum Gasteiger partial charge on any atom is -0.461 e. The van der Waals surface area contributed by atoms with Gasteiger partial charge < -0.3 is 15.2 Å². The fourth-order valence-corrected chi connectivity index (χ4v) is 2.20. The second-order valence-electron chi connectivity index (χ2n) is 4.76. The molecule has 0 aliphatic rings. The summed E-state index contributed by atoms with van der Waals surface area (Å²) in [5.41, 5.74) is 0.851. The fourth-order valence-electron chi connectivity index (χ4n) is 1.87. The fraction of sp³-hybridized carbons (Fsp3) is 0.467. The normalized spacial score (nSPS) is 11.8. The molecular formula is C15H22N2O4S3. The molecule has 1 unspecified atom stereocenters. The Morgan fingerprint density at radius 2 is 1.71 bits per heavy atom. The minimum absolute atomic E-state index is 0.161. The molecule has 6 nitrogen and oxygen atoms in total. The molecule has 24 heavy (non-hydrogen) atoms. The van der Waals surface area contributed by atoms with Crippen molar-refractivity contribution in [2.45, 2.75) is 6.23 Å². The third kappa shape index (κ3) is 6.94. The average molecular weight is 391 g/mol. The molecule has 9 heteroatoms. The number of rotatable bonds is 10. The van der Waals surface area contributed by atoms with Crippen molar-refractivity contribution in [3.8, 4) is 0 Å². The van der Waals surface area contributed by atoms with E-state index in [0.717, 1.165) is 0 Å². The zero-order chi connectivity index (χ0) is 17.9. The van der Waals surface area contributed by atoms with Gasteiger partial charge in [0.15, 0.2) is 0 Å². The van der Waals surface area contributed by atoms with Crippen molar-refractivity contribution in [1.29, 1.82) is 0 Å². The SMILES string of the molecule is O=C(NCCS)c1cc(C(=O)OCCS)cc(C(O)NCCS)c1. The van der Waals surface area contributed by atoms with E-state index in [2.05, 4.69) is 48.5 Å². The number of hydrogen-bond donors (Lipinski definition) is 6. The molecule has 0 saturated carbocycles. The highest BCUT2D eigenvalue weighted by atomic mass is 32.1. The summed E-state index contributed by atoms with van der Waals surface area (Å²) in [6, 6.07) is 4.45. The quantitative estimate of drug-likeness (QED) is 0.203. The first-order chi connectivity index (χ1) is 11.5. The predicted molar refractivity (Wildman–Crippen MR) is 104 cm³/mol. The summed E-state index contributed by atoms with van der Waals surface area (Å²) in [6.45, 7) is 1.03. The number of thiol groups is 3. The van der Waals surface area contributed by atoms with Gasteiger partial charge in [-0.2, -0.15) is 37.9 Å². The van der Waals surface area contributed by atoms with E-state index in [1.54, 1.807) is 0 Å². The number of aliphatic hydroxyl groups is 1. The van der Waals surface area contributed by atoms with Crippen molar-refractivity contribution in [2.24, 2.45) is 0 Å². The highest BCUT2D eigenvalue weighted by molar-refractivity contribution is 7.80. The van der Waals surface area contributed by atoms with Gasteiger partial charge in [-0.15, -0.1) is 0 Å². The van der Waals surface area contributed by atoms with Crippen molar-refractivity contribution >= 4 is 49.8 Å². The van der Waals surface area contributed by atoms with Crippen LogP contribution >= 0.6 is 37.9 Å². The van der Waals surface area contributed by atoms with Crippen molar-refractivity contribution in [3.63, 3.8) is 0 Å². The Morgan fingerprint density at radius 3 is 2.33 bits per heavy atom. The monoisotopic (exact) mass is 390 g/mol. The van der Waals surface area contributed by atoms with Gasteiger partial charge >= 0.3 is 5.97 Å². The summed E-state index contributed by atoms with van der Waals surface area (Å²) in [7, 11) is 0. The van der Waals surface area contributed by atoms with Gasteiger partial charge in [-0.25, -0.2) is 4.79 Å². The molecule has 1 aromatic carbocycles. The Bertz CT molecular complexity index is 519. The Morgan fingerprint density at radius 1 is 1.04 bits per heavy atom. The number of carbonyl (C=O) groups is 2. The van der Waals surface area contributed by atoms with E-state index in [1.807, 2.05) is 0 Å². The number of aliphatic hydroxyl groups excluding tert-OH is 1. The molecular weight excluding hydrogens is 368 g/mol. The number of carbonyl (C=O) groups excluding carboxylic acids is 2. The molecule has 0 spiro atoms. The van der Waals surface area contributed by atoms with Crippen LogP contribution in [0.3, 0.4) is 0 Å². The van der Waals surface area contributed by atoms with Gasteiger partial charge in [-0.3, -0.25) is 10.1 Å².